The fraction of sp³-hybridized carbons (Fsp3) is 0.188. The highest BCUT2D eigenvalue weighted by molar-refractivity contribution is 14.0. The summed E-state index contributed by atoms with van der Waals surface area (Å²) in [6.45, 7) is 0.232. The third-order valence-corrected chi connectivity index (χ3v) is 5.04. The van der Waals surface area contributed by atoms with E-state index in [0.29, 0.717) is 22.0 Å². The van der Waals surface area contributed by atoms with Gasteiger partial charge in [0.05, 0.1) is 23.6 Å². The van der Waals surface area contributed by atoms with E-state index in [4.69, 9.17) is 22.1 Å². The molecule has 10 heteroatoms. The molecule has 2 aromatic carbocycles. The van der Waals surface area contributed by atoms with E-state index in [0.717, 1.165) is 0 Å². The lowest BCUT2D eigenvalue weighted by atomic mass is 10.2. The molecule has 0 aromatic heterocycles. The largest absolute Gasteiger partial charge is 0.495 e. The van der Waals surface area contributed by atoms with Gasteiger partial charge in [0.2, 0.25) is 10.0 Å². The van der Waals surface area contributed by atoms with Crippen LogP contribution in [-0.4, -0.2) is 28.5 Å². The van der Waals surface area contributed by atoms with Gasteiger partial charge in [0, 0.05) is 5.69 Å². The summed E-state index contributed by atoms with van der Waals surface area (Å²) in [6.07, 6.45) is 0. The molecule has 0 heterocycles. The van der Waals surface area contributed by atoms with Crippen molar-refractivity contribution in [3.63, 3.8) is 0 Å². The van der Waals surface area contributed by atoms with E-state index >= 15 is 0 Å². The average Bonchev–Trinajstić information content (AvgIpc) is 2.60. The Morgan fingerprint density at radius 3 is 2.62 bits per heavy atom. The van der Waals surface area contributed by atoms with E-state index in [1.54, 1.807) is 36.4 Å². The molecule has 7 nitrogen and oxygen atoms in total. The summed E-state index contributed by atoms with van der Waals surface area (Å²) in [5, 5.41) is 3.37. The minimum Gasteiger partial charge on any atom is -0.495 e. The number of nitrogens with two attached hydrogens (primary N) is 1. The van der Waals surface area contributed by atoms with Crippen molar-refractivity contribution in [2.75, 3.05) is 19.5 Å². The second kappa shape index (κ2) is 9.95. The number of rotatable bonds is 6. The van der Waals surface area contributed by atoms with Crippen LogP contribution >= 0.6 is 35.6 Å². The summed E-state index contributed by atoms with van der Waals surface area (Å²) in [7, 11) is -0.594. The molecule has 2 rings (SSSR count). The summed E-state index contributed by atoms with van der Waals surface area (Å²) in [4.78, 5) is 4.38. The Hall–Kier alpha value is -1.56. The van der Waals surface area contributed by atoms with E-state index in [9.17, 15) is 8.42 Å². The van der Waals surface area contributed by atoms with Crippen LogP contribution in [0.3, 0.4) is 0 Å². The molecule has 26 heavy (non-hydrogen) atoms. The number of ether oxygens (including phenoxy) is 1. The van der Waals surface area contributed by atoms with Gasteiger partial charge in [-0.2, -0.15) is 0 Å². The Balaban J connectivity index is 0.00000338. The number of hydrogen-bond donors (Lipinski definition) is 3. The number of halogens is 2. The smallest absolute Gasteiger partial charge is 0.240 e. The van der Waals surface area contributed by atoms with Crippen molar-refractivity contribution in [1.82, 2.24) is 4.72 Å². The van der Waals surface area contributed by atoms with Crippen LogP contribution in [0.2, 0.25) is 5.02 Å². The van der Waals surface area contributed by atoms with Crippen LogP contribution in [0.25, 0.3) is 0 Å². The third-order valence-electron chi connectivity index (χ3n) is 3.33. The number of hydrogen-bond acceptors (Lipinski definition) is 4. The van der Waals surface area contributed by atoms with E-state index < -0.39 is 10.0 Å². The maximum Gasteiger partial charge on any atom is 0.240 e. The molecule has 0 saturated carbocycles. The van der Waals surface area contributed by atoms with Crippen LogP contribution in [-0.2, 0) is 16.6 Å². The van der Waals surface area contributed by atoms with Gasteiger partial charge in [-0.25, -0.2) is 18.1 Å². The SMILES string of the molecule is CNS(=O)(=O)c1cccc(CN=C(N)Nc2ccc(OC)c(Cl)c2)c1.I. The molecule has 0 fully saturated rings. The van der Waals surface area contributed by atoms with E-state index in [2.05, 4.69) is 15.0 Å². The summed E-state index contributed by atoms with van der Waals surface area (Å²) in [5.41, 5.74) is 7.24. The molecule has 0 radical (unpaired) electrons. The molecule has 0 aliphatic rings. The van der Waals surface area contributed by atoms with Crippen molar-refractivity contribution in [3.05, 3.63) is 53.1 Å². The molecular formula is C16H20ClIN4O3S. The predicted molar refractivity (Wildman–Crippen MR) is 115 cm³/mol. The summed E-state index contributed by atoms with van der Waals surface area (Å²) >= 11 is 6.05. The van der Waals surface area contributed by atoms with Crippen LogP contribution < -0.4 is 20.5 Å². The lowest BCUT2D eigenvalue weighted by molar-refractivity contribution is 0.415. The third kappa shape index (κ3) is 6.01. The Bertz CT molecular complexity index is 891. The summed E-state index contributed by atoms with van der Waals surface area (Å²) in [6, 6.07) is 11.6. The molecule has 4 N–H and O–H groups in total. The first-order valence-corrected chi connectivity index (χ1v) is 9.15. The maximum atomic E-state index is 11.8. The Labute approximate surface area is 175 Å². The molecule has 0 atom stereocenters. The van der Waals surface area contributed by atoms with Crippen LogP contribution in [0.5, 0.6) is 5.75 Å². The second-order valence-corrected chi connectivity index (χ2v) is 7.32. The molecular weight excluding hydrogens is 491 g/mol. The zero-order valence-electron chi connectivity index (χ0n) is 14.2. The molecule has 0 amide bonds. The van der Waals surface area contributed by atoms with Crippen molar-refractivity contribution in [3.8, 4) is 5.75 Å². The van der Waals surface area contributed by atoms with E-state index in [1.807, 2.05) is 0 Å². The van der Waals surface area contributed by atoms with Crippen molar-refractivity contribution >= 4 is 57.2 Å². The number of sulfonamides is 1. The molecule has 0 bridgehead atoms. The fourth-order valence-corrected chi connectivity index (χ4v) is 3.09. The van der Waals surface area contributed by atoms with Crippen molar-refractivity contribution in [2.24, 2.45) is 10.7 Å². The van der Waals surface area contributed by atoms with Crippen LogP contribution in [0.4, 0.5) is 5.69 Å². The Morgan fingerprint density at radius 2 is 2.00 bits per heavy atom. The van der Waals surface area contributed by atoms with Gasteiger partial charge < -0.3 is 15.8 Å². The summed E-state index contributed by atoms with van der Waals surface area (Å²) in [5.74, 6) is 0.744. The average molecular weight is 511 g/mol. The summed E-state index contributed by atoms with van der Waals surface area (Å²) < 4.78 is 31.0. The number of nitrogens with one attached hydrogen (secondary N) is 2. The lowest BCUT2D eigenvalue weighted by Gasteiger charge is -2.09. The van der Waals surface area contributed by atoms with Gasteiger partial charge in [0.1, 0.15) is 5.75 Å². The lowest BCUT2D eigenvalue weighted by Crippen LogP contribution is -2.22. The highest BCUT2D eigenvalue weighted by Crippen LogP contribution is 2.27. The zero-order chi connectivity index (χ0) is 18.4. The number of nitrogens with zero attached hydrogens (tertiary/aromatic N) is 1. The number of anilines is 1. The van der Waals surface area contributed by atoms with Crippen LogP contribution in [0, 0.1) is 0 Å². The molecule has 0 aliphatic heterocycles. The highest BCUT2D eigenvalue weighted by atomic mass is 127. The Kier molecular flexibility index (Phi) is 8.60. The molecule has 142 valence electrons. The predicted octanol–water partition coefficient (Wildman–Crippen LogP) is 2.80. The zero-order valence-corrected chi connectivity index (χ0v) is 18.1. The van der Waals surface area contributed by atoms with Gasteiger partial charge in [-0.3, -0.25) is 0 Å². The monoisotopic (exact) mass is 510 g/mol. The molecule has 0 unspecified atom stereocenters. The fourth-order valence-electron chi connectivity index (χ4n) is 2.04. The minimum absolute atomic E-state index is 0. The van der Waals surface area contributed by atoms with Crippen molar-refractivity contribution in [2.45, 2.75) is 11.4 Å². The number of methoxy groups -OCH3 is 1. The quantitative estimate of drug-likeness (QED) is 0.315. The van der Waals surface area contributed by atoms with E-state index in [-0.39, 0.29) is 41.4 Å². The number of benzene rings is 2. The normalized spacial score (nSPS) is 11.6. The van der Waals surface area contributed by atoms with Crippen LogP contribution in [0.15, 0.2) is 52.4 Å². The van der Waals surface area contributed by atoms with E-state index in [1.165, 1.54) is 20.2 Å². The van der Waals surface area contributed by atoms with Gasteiger partial charge in [0.15, 0.2) is 5.96 Å². The van der Waals surface area contributed by atoms with Crippen LogP contribution in [0.1, 0.15) is 5.56 Å². The first-order chi connectivity index (χ1) is 11.9. The Morgan fingerprint density at radius 1 is 1.27 bits per heavy atom. The minimum atomic E-state index is -3.49. The van der Waals surface area contributed by atoms with Crippen molar-refractivity contribution < 1.29 is 13.2 Å². The first-order valence-electron chi connectivity index (χ1n) is 7.28. The second-order valence-electron chi connectivity index (χ2n) is 5.03. The van der Waals surface area contributed by atoms with Gasteiger partial charge in [0.25, 0.3) is 0 Å². The molecule has 0 aliphatic carbocycles. The number of guanidine groups is 1. The standard InChI is InChI=1S/C16H19ClN4O3S.HI/c1-19-25(22,23)13-5-3-4-11(8-13)10-20-16(18)21-12-6-7-15(24-2)14(17)9-12;/h3-9,19H,10H2,1-2H3,(H3,18,20,21);1H. The maximum absolute atomic E-state index is 11.8. The van der Waals surface area contributed by atoms with Gasteiger partial charge in [-0.05, 0) is 42.9 Å². The molecule has 0 spiro atoms. The van der Waals surface area contributed by atoms with Gasteiger partial charge in [-0.15, -0.1) is 24.0 Å². The number of aliphatic imine (C=N–C) groups is 1. The van der Waals surface area contributed by atoms with Crippen molar-refractivity contribution in [1.29, 1.82) is 0 Å². The topological polar surface area (TPSA) is 106 Å². The highest BCUT2D eigenvalue weighted by Gasteiger charge is 2.11. The van der Waals surface area contributed by atoms with Gasteiger partial charge in [-0.1, -0.05) is 23.7 Å². The molecule has 2 aromatic rings. The first kappa shape index (κ1) is 22.5. The van der Waals surface area contributed by atoms with Gasteiger partial charge >= 0.3 is 0 Å². The molecule has 0 saturated heterocycles.